The van der Waals surface area contributed by atoms with E-state index in [-0.39, 0.29) is 21.9 Å². The minimum atomic E-state index is -3.78. The number of non-ortho nitro benzene ring substituents is 1. The first-order valence-corrected chi connectivity index (χ1v) is 7.23. The number of aromatic carboxylic acids is 1. The van der Waals surface area contributed by atoms with Gasteiger partial charge in [-0.1, -0.05) is 0 Å². The summed E-state index contributed by atoms with van der Waals surface area (Å²) in [5.41, 5.74) is -0.371. The topological polar surface area (TPSA) is 128 Å². The Morgan fingerprint density at radius 3 is 2.38 bits per heavy atom. The second kappa shape index (κ2) is 5.37. The highest BCUT2D eigenvalue weighted by molar-refractivity contribution is 7.90. The molecule has 0 radical (unpaired) electrons. The second-order valence-electron chi connectivity index (χ2n) is 4.12. The molecule has 0 spiro atoms. The van der Waals surface area contributed by atoms with Gasteiger partial charge in [-0.25, -0.2) is 13.2 Å². The van der Waals surface area contributed by atoms with E-state index in [9.17, 15) is 23.3 Å². The monoisotopic (exact) mass is 311 g/mol. The van der Waals surface area contributed by atoms with Crippen LogP contribution in [0.1, 0.15) is 16.1 Å². The van der Waals surface area contributed by atoms with Crippen LogP contribution in [-0.2, 0) is 15.6 Å². The maximum absolute atomic E-state index is 12.1. The molecule has 0 aliphatic carbocycles. The molecule has 9 heteroatoms. The van der Waals surface area contributed by atoms with Gasteiger partial charge in [0.25, 0.3) is 5.69 Å². The molecule has 1 N–H and O–H groups in total. The fourth-order valence-corrected chi connectivity index (χ4v) is 2.86. The molecule has 1 heterocycles. The van der Waals surface area contributed by atoms with E-state index in [2.05, 4.69) is 0 Å². The summed E-state index contributed by atoms with van der Waals surface area (Å²) in [6.07, 6.45) is 0.947. The number of furan rings is 1. The molecule has 0 unspecified atom stereocenters. The summed E-state index contributed by atoms with van der Waals surface area (Å²) in [6, 6.07) is 5.52. The van der Waals surface area contributed by atoms with Gasteiger partial charge >= 0.3 is 5.97 Å². The first-order valence-electron chi connectivity index (χ1n) is 5.57. The van der Waals surface area contributed by atoms with Crippen molar-refractivity contribution in [2.24, 2.45) is 0 Å². The number of nitro benzene ring substituents is 1. The number of benzene rings is 1. The van der Waals surface area contributed by atoms with Gasteiger partial charge in [0.2, 0.25) is 0 Å². The summed E-state index contributed by atoms with van der Waals surface area (Å²) < 4.78 is 29.0. The van der Waals surface area contributed by atoms with Crippen LogP contribution in [0.3, 0.4) is 0 Å². The number of carboxylic acids is 1. The highest BCUT2D eigenvalue weighted by Gasteiger charge is 2.20. The molecular weight excluding hydrogens is 302 g/mol. The molecule has 2 aromatic rings. The van der Waals surface area contributed by atoms with E-state index in [4.69, 9.17) is 9.52 Å². The Morgan fingerprint density at radius 2 is 1.90 bits per heavy atom. The lowest BCUT2D eigenvalue weighted by Gasteiger charge is -2.02. The van der Waals surface area contributed by atoms with Crippen LogP contribution in [0.5, 0.6) is 0 Å². The van der Waals surface area contributed by atoms with Crippen molar-refractivity contribution < 1.29 is 27.7 Å². The van der Waals surface area contributed by atoms with Crippen molar-refractivity contribution in [2.45, 2.75) is 10.6 Å². The minimum Gasteiger partial charge on any atom is -0.478 e. The number of carbonyl (C=O) groups is 1. The number of nitro groups is 1. The average Bonchev–Trinajstić information content (AvgIpc) is 2.87. The van der Waals surface area contributed by atoms with Gasteiger partial charge in [-0.05, 0) is 18.2 Å². The maximum atomic E-state index is 12.1. The zero-order valence-corrected chi connectivity index (χ0v) is 11.2. The van der Waals surface area contributed by atoms with E-state index in [0.29, 0.717) is 0 Å². The van der Waals surface area contributed by atoms with Gasteiger partial charge in [-0.3, -0.25) is 10.1 Å². The third-order valence-electron chi connectivity index (χ3n) is 2.64. The SMILES string of the molecule is O=C(O)c1coc(CS(=O)(=O)c2ccc([N+](=O)[O-])cc2)c1. The summed E-state index contributed by atoms with van der Waals surface area (Å²) in [7, 11) is -3.78. The summed E-state index contributed by atoms with van der Waals surface area (Å²) in [5.74, 6) is -1.78. The molecule has 110 valence electrons. The molecule has 0 saturated heterocycles. The molecule has 1 aromatic heterocycles. The van der Waals surface area contributed by atoms with Crippen LogP contribution in [0.2, 0.25) is 0 Å². The van der Waals surface area contributed by atoms with Gasteiger partial charge in [-0.2, -0.15) is 0 Å². The van der Waals surface area contributed by atoms with E-state index in [1.54, 1.807) is 0 Å². The second-order valence-corrected chi connectivity index (χ2v) is 6.11. The maximum Gasteiger partial charge on any atom is 0.338 e. The molecule has 0 atom stereocenters. The van der Waals surface area contributed by atoms with Crippen LogP contribution in [-0.4, -0.2) is 24.4 Å². The highest BCUT2D eigenvalue weighted by atomic mass is 32.2. The van der Waals surface area contributed by atoms with Crippen molar-refractivity contribution >= 4 is 21.5 Å². The first-order chi connectivity index (χ1) is 9.79. The van der Waals surface area contributed by atoms with E-state index in [0.717, 1.165) is 36.6 Å². The predicted molar refractivity (Wildman–Crippen MR) is 69.7 cm³/mol. The number of nitrogens with zero attached hydrogens (tertiary/aromatic N) is 1. The van der Waals surface area contributed by atoms with Gasteiger partial charge < -0.3 is 9.52 Å². The van der Waals surface area contributed by atoms with Crippen molar-refractivity contribution in [1.82, 2.24) is 0 Å². The van der Waals surface area contributed by atoms with E-state index in [1.165, 1.54) is 0 Å². The summed E-state index contributed by atoms with van der Waals surface area (Å²) in [4.78, 5) is 20.4. The highest BCUT2D eigenvalue weighted by Crippen LogP contribution is 2.21. The molecule has 0 bridgehead atoms. The van der Waals surface area contributed by atoms with E-state index < -0.39 is 26.5 Å². The number of hydrogen-bond donors (Lipinski definition) is 1. The molecular formula is C12H9NO7S. The van der Waals surface area contributed by atoms with E-state index in [1.807, 2.05) is 0 Å². The van der Waals surface area contributed by atoms with Crippen LogP contribution >= 0.6 is 0 Å². The fourth-order valence-electron chi connectivity index (χ4n) is 1.61. The summed E-state index contributed by atoms with van der Waals surface area (Å²) in [5, 5.41) is 19.2. The lowest BCUT2D eigenvalue weighted by atomic mass is 10.3. The third kappa shape index (κ3) is 3.26. The van der Waals surface area contributed by atoms with Crippen LogP contribution in [0.15, 0.2) is 45.9 Å². The molecule has 0 amide bonds. The smallest absolute Gasteiger partial charge is 0.338 e. The normalized spacial score (nSPS) is 11.2. The van der Waals surface area contributed by atoms with Crippen molar-refractivity contribution in [1.29, 1.82) is 0 Å². The Hall–Kier alpha value is -2.68. The van der Waals surface area contributed by atoms with Crippen LogP contribution in [0.25, 0.3) is 0 Å². The van der Waals surface area contributed by atoms with Crippen molar-refractivity contribution in [3.05, 3.63) is 58.0 Å². The lowest BCUT2D eigenvalue weighted by Crippen LogP contribution is -2.04. The summed E-state index contributed by atoms with van der Waals surface area (Å²) >= 11 is 0. The minimum absolute atomic E-state index is 0.0225. The van der Waals surface area contributed by atoms with E-state index >= 15 is 0 Å². The van der Waals surface area contributed by atoms with Gasteiger partial charge in [0.15, 0.2) is 9.84 Å². The van der Waals surface area contributed by atoms with Crippen LogP contribution in [0, 0.1) is 10.1 Å². The van der Waals surface area contributed by atoms with Gasteiger partial charge in [0.05, 0.1) is 15.4 Å². The molecule has 0 aliphatic heterocycles. The number of carboxylic acid groups (broad SMARTS) is 1. The standard InChI is InChI=1S/C12H9NO7S/c14-12(15)8-5-10(20-6-8)7-21(18,19)11-3-1-9(2-4-11)13(16)17/h1-6H,7H2,(H,14,15). The van der Waals surface area contributed by atoms with Crippen molar-refractivity contribution in [2.75, 3.05) is 0 Å². The molecule has 0 saturated carbocycles. The zero-order chi connectivity index (χ0) is 15.6. The molecule has 21 heavy (non-hydrogen) atoms. The first kappa shape index (κ1) is 14.7. The molecule has 0 fully saturated rings. The van der Waals surface area contributed by atoms with Gasteiger partial charge in [0, 0.05) is 12.1 Å². The molecule has 1 aromatic carbocycles. The van der Waals surface area contributed by atoms with Gasteiger partial charge in [-0.15, -0.1) is 0 Å². The lowest BCUT2D eigenvalue weighted by molar-refractivity contribution is -0.384. The Morgan fingerprint density at radius 1 is 1.29 bits per heavy atom. The van der Waals surface area contributed by atoms with Crippen molar-refractivity contribution in [3.63, 3.8) is 0 Å². The number of sulfone groups is 1. The quantitative estimate of drug-likeness (QED) is 0.659. The Balaban J connectivity index is 2.24. The van der Waals surface area contributed by atoms with Gasteiger partial charge in [0.1, 0.15) is 17.8 Å². The fraction of sp³-hybridized carbons (Fsp3) is 0.0833. The Bertz CT molecular complexity index is 789. The number of rotatable bonds is 5. The third-order valence-corrected chi connectivity index (χ3v) is 4.29. The summed E-state index contributed by atoms with van der Waals surface area (Å²) in [6.45, 7) is 0. The predicted octanol–water partition coefficient (Wildman–Crippen LogP) is 1.86. The Labute approximate surface area is 118 Å². The van der Waals surface area contributed by atoms with Crippen molar-refractivity contribution in [3.8, 4) is 0 Å². The Kier molecular flexibility index (Phi) is 3.76. The molecule has 2 rings (SSSR count). The largest absolute Gasteiger partial charge is 0.478 e. The van der Waals surface area contributed by atoms with Crippen LogP contribution in [0.4, 0.5) is 5.69 Å². The molecule has 0 aliphatic rings. The zero-order valence-electron chi connectivity index (χ0n) is 10.4. The molecule has 8 nitrogen and oxygen atoms in total. The van der Waals surface area contributed by atoms with Crippen LogP contribution < -0.4 is 0 Å². The average molecular weight is 311 g/mol. The number of hydrogen-bond acceptors (Lipinski definition) is 6.